The van der Waals surface area contributed by atoms with E-state index in [2.05, 4.69) is 16.8 Å². The smallest absolute Gasteiger partial charge is 0.324 e. The molecule has 3 rings (SSSR count). The molecule has 2 aromatic rings. The highest BCUT2D eigenvalue weighted by Gasteiger charge is 2.27. The predicted molar refractivity (Wildman–Crippen MR) is 127 cm³/mol. The molecule has 1 fully saturated rings. The Morgan fingerprint density at radius 2 is 1.62 bits per heavy atom. The lowest BCUT2D eigenvalue weighted by molar-refractivity contribution is 0.202. The Bertz CT molecular complexity index is 920. The third-order valence-electron chi connectivity index (χ3n) is 5.88. The third kappa shape index (κ3) is 5.00. The molecule has 0 spiro atoms. The van der Waals surface area contributed by atoms with Gasteiger partial charge >= 0.3 is 6.03 Å². The van der Waals surface area contributed by atoms with Crippen LogP contribution in [0.15, 0.2) is 24.3 Å². The Hall–Kier alpha value is -3.16. The lowest BCUT2D eigenvalue weighted by Gasteiger charge is -2.38. The van der Waals surface area contributed by atoms with E-state index in [0.29, 0.717) is 24.7 Å². The average molecular weight is 443 g/mol. The number of anilines is 2. The highest BCUT2D eigenvalue weighted by atomic mass is 16.5. The van der Waals surface area contributed by atoms with Gasteiger partial charge in [0, 0.05) is 62.8 Å². The molecule has 8 nitrogen and oxygen atoms in total. The van der Waals surface area contributed by atoms with Crippen LogP contribution >= 0.6 is 0 Å². The number of carbonyl (C=O) groups is 1. The molecule has 1 aromatic carbocycles. The second-order valence-electron chi connectivity index (χ2n) is 7.90. The Morgan fingerprint density at radius 3 is 2.16 bits per heavy atom. The van der Waals surface area contributed by atoms with Crippen LogP contribution in [0.5, 0.6) is 17.4 Å². The summed E-state index contributed by atoms with van der Waals surface area (Å²) < 4.78 is 16.3. The van der Waals surface area contributed by atoms with E-state index in [4.69, 9.17) is 14.2 Å². The number of nitrogens with zero attached hydrogens (tertiary/aromatic N) is 4. The molecule has 1 aromatic heterocycles. The van der Waals surface area contributed by atoms with E-state index in [1.165, 1.54) is 0 Å². The number of piperazine rings is 1. The van der Waals surface area contributed by atoms with Gasteiger partial charge in [-0.2, -0.15) is 0 Å². The van der Waals surface area contributed by atoms with E-state index < -0.39 is 0 Å². The lowest BCUT2D eigenvalue weighted by atomic mass is 10.1. The molecular formula is C24H34N4O4. The monoisotopic (exact) mass is 442 g/mol. The molecule has 0 aliphatic carbocycles. The highest BCUT2D eigenvalue weighted by molar-refractivity contribution is 5.93. The van der Waals surface area contributed by atoms with Crippen molar-refractivity contribution in [3.8, 4) is 17.4 Å². The predicted octanol–water partition coefficient (Wildman–Crippen LogP) is 3.75. The van der Waals surface area contributed by atoms with Gasteiger partial charge < -0.3 is 24.0 Å². The summed E-state index contributed by atoms with van der Waals surface area (Å²) in [5.41, 5.74) is 3.80. The number of urea groups is 1. The minimum atomic E-state index is -0.0562. The van der Waals surface area contributed by atoms with Crippen LogP contribution < -0.4 is 24.0 Å². The zero-order chi connectivity index (χ0) is 23.3. The van der Waals surface area contributed by atoms with E-state index in [1.807, 2.05) is 36.1 Å². The van der Waals surface area contributed by atoms with Crippen LogP contribution in [0.25, 0.3) is 0 Å². The molecule has 0 unspecified atom stereocenters. The van der Waals surface area contributed by atoms with Crippen molar-refractivity contribution in [3.63, 3.8) is 0 Å². The third-order valence-corrected chi connectivity index (χ3v) is 5.88. The largest absolute Gasteiger partial charge is 0.497 e. The molecule has 32 heavy (non-hydrogen) atoms. The van der Waals surface area contributed by atoms with Crippen molar-refractivity contribution in [1.29, 1.82) is 0 Å². The van der Waals surface area contributed by atoms with E-state index in [1.54, 1.807) is 33.3 Å². The van der Waals surface area contributed by atoms with Gasteiger partial charge in [-0.25, -0.2) is 9.78 Å². The normalized spacial score (nSPS) is 13.7. The fourth-order valence-corrected chi connectivity index (χ4v) is 3.97. The first kappa shape index (κ1) is 23.5. The number of hydrogen-bond acceptors (Lipinski definition) is 6. The summed E-state index contributed by atoms with van der Waals surface area (Å²) >= 11 is 0. The average Bonchev–Trinajstić information content (AvgIpc) is 2.83. The zero-order valence-corrected chi connectivity index (χ0v) is 20.0. The van der Waals surface area contributed by atoms with Crippen molar-refractivity contribution in [2.45, 2.75) is 26.7 Å². The van der Waals surface area contributed by atoms with Crippen LogP contribution in [0.3, 0.4) is 0 Å². The van der Waals surface area contributed by atoms with Gasteiger partial charge in [0.2, 0.25) is 5.88 Å². The van der Waals surface area contributed by atoms with Gasteiger partial charge in [0.15, 0.2) is 0 Å². The minimum absolute atomic E-state index is 0.0562. The number of amides is 2. The molecule has 1 aliphatic rings. The first-order valence-corrected chi connectivity index (χ1v) is 11.0. The maximum Gasteiger partial charge on any atom is 0.324 e. The summed E-state index contributed by atoms with van der Waals surface area (Å²) in [6, 6.07) is 7.81. The first-order valence-electron chi connectivity index (χ1n) is 11.0. The molecule has 0 bridgehead atoms. The second kappa shape index (κ2) is 10.4. The Labute approximate surface area is 190 Å². The standard InChI is InChI=1S/C24H34N4O4/c1-7-8-18-13-22(23(32-6)25-17(18)2)26(3)24(29)28-11-9-27(10-12-28)19-14-20(30-4)16-21(15-19)31-5/h13-16H,7-12H2,1-6H3. The van der Waals surface area contributed by atoms with Crippen molar-refractivity contribution < 1.29 is 19.0 Å². The number of benzene rings is 1. The topological polar surface area (TPSA) is 67.4 Å². The molecule has 0 radical (unpaired) electrons. The molecular weight excluding hydrogens is 408 g/mol. The molecule has 0 saturated carbocycles. The van der Waals surface area contributed by atoms with Gasteiger partial charge in [-0.15, -0.1) is 0 Å². The lowest BCUT2D eigenvalue weighted by Crippen LogP contribution is -2.52. The van der Waals surface area contributed by atoms with Gasteiger partial charge in [0.1, 0.15) is 17.2 Å². The van der Waals surface area contributed by atoms with E-state index in [-0.39, 0.29) is 6.03 Å². The van der Waals surface area contributed by atoms with Crippen LogP contribution in [-0.4, -0.2) is 70.5 Å². The van der Waals surface area contributed by atoms with Crippen LogP contribution in [0.4, 0.5) is 16.2 Å². The molecule has 8 heteroatoms. The van der Waals surface area contributed by atoms with Gasteiger partial charge in [0.05, 0.1) is 21.3 Å². The van der Waals surface area contributed by atoms with Crippen molar-refractivity contribution in [3.05, 3.63) is 35.5 Å². The maximum absolute atomic E-state index is 13.3. The van der Waals surface area contributed by atoms with Crippen LogP contribution in [0.1, 0.15) is 24.6 Å². The van der Waals surface area contributed by atoms with Crippen molar-refractivity contribution in [2.24, 2.45) is 0 Å². The number of methoxy groups -OCH3 is 3. The van der Waals surface area contributed by atoms with Crippen LogP contribution in [-0.2, 0) is 6.42 Å². The first-order chi connectivity index (χ1) is 15.4. The van der Waals surface area contributed by atoms with Crippen molar-refractivity contribution in [1.82, 2.24) is 9.88 Å². The quantitative estimate of drug-likeness (QED) is 0.651. The second-order valence-corrected chi connectivity index (χ2v) is 7.90. The fraction of sp³-hybridized carbons (Fsp3) is 0.500. The van der Waals surface area contributed by atoms with Crippen molar-refractivity contribution >= 4 is 17.4 Å². The Balaban J connectivity index is 1.72. The molecule has 1 saturated heterocycles. The summed E-state index contributed by atoms with van der Waals surface area (Å²) in [5.74, 6) is 1.97. The number of ether oxygens (including phenoxy) is 3. The van der Waals surface area contributed by atoms with Gasteiger partial charge in [-0.1, -0.05) is 13.3 Å². The molecule has 2 heterocycles. The molecule has 0 N–H and O–H groups in total. The van der Waals surface area contributed by atoms with E-state index in [0.717, 1.165) is 54.4 Å². The van der Waals surface area contributed by atoms with E-state index >= 15 is 0 Å². The van der Waals surface area contributed by atoms with E-state index in [9.17, 15) is 4.79 Å². The number of carbonyl (C=O) groups excluding carboxylic acids is 1. The summed E-state index contributed by atoms with van der Waals surface area (Å²) in [6.45, 7) is 6.79. The zero-order valence-electron chi connectivity index (χ0n) is 20.0. The van der Waals surface area contributed by atoms with Crippen molar-refractivity contribution in [2.75, 3.05) is 64.4 Å². The number of pyridine rings is 1. The van der Waals surface area contributed by atoms with Gasteiger partial charge in [-0.05, 0) is 25.0 Å². The Kier molecular flexibility index (Phi) is 7.66. The van der Waals surface area contributed by atoms with Crippen LogP contribution in [0, 0.1) is 6.92 Å². The van der Waals surface area contributed by atoms with Crippen LogP contribution in [0.2, 0.25) is 0 Å². The number of aryl methyl sites for hydroxylation is 2. The maximum atomic E-state index is 13.3. The molecule has 2 amide bonds. The summed E-state index contributed by atoms with van der Waals surface area (Å²) in [5, 5.41) is 0. The Morgan fingerprint density at radius 1 is 1.00 bits per heavy atom. The number of hydrogen-bond donors (Lipinski definition) is 0. The summed E-state index contributed by atoms with van der Waals surface area (Å²) in [6.07, 6.45) is 1.93. The molecule has 1 aliphatic heterocycles. The summed E-state index contributed by atoms with van der Waals surface area (Å²) in [4.78, 5) is 23.6. The van der Waals surface area contributed by atoms with Gasteiger partial charge in [-0.3, -0.25) is 4.90 Å². The minimum Gasteiger partial charge on any atom is -0.497 e. The molecule has 0 atom stereocenters. The van der Waals surface area contributed by atoms with Gasteiger partial charge in [0.25, 0.3) is 0 Å². The SMILES string of the molecule is CCCc1cc(N(C)C(=O)N2CCN(c3cc(OC)cc(OC)c3)CC2)c(OC)nc1C. The summed E-state index contributed by atoms with van der Waals surface area (Å²) in [7, 11) is 6.66. The number of aromatic nitrogens is 1. The number of rotatable bonds is 7. The molecule has 174 valence electrons. The fourth-order valence-electron chi connectivity index (χ4n) is 3.97. The highest BCUT2D eigenvalue weighted by Crippen LogP contribution is 2.31.